The van der Waals surface area contributed by atoms with Crippen LogP contribution in [0.25, 0.3) is 6.20 Å². The minimum absolute atomic E-state index is 0.194. The molecule has 0 radical (unpaired) electrons. The van der Waals surface area contributed by atoms with Gasteiger partial charge in [0.05, 0.1) is 6.20 Å². The van der Waals surface area contributed by atoms with Gasteiger partial charge in [0.15, 0.2) is 11.8 Å². The number of aromatic nitrogens is 1. The van der Waals surface area contributed by atoms with Gasteiger partial charge in [-0.3, -0.25) is 0 Å². The summed E-state index contributed by atoms with van der Waals surface area (Å²) in [4.78, 5) is 9.75. The first-order valence-corrected chi connectivity index (χ1v) is 2.56. The van der Waals surface area contributed by atoms with E-state index in [0.29, 0.717) is 0 Å². The van der Waals surface area contributed by atoms with E-state index in [1.54, 1.807) is 0 Å². The summed E-state index contributed by atoms with van der Waals surface area (Å²) in [6, 6.07) is 2.53. The standard InChI is InChI=1S/C6H5NO3/c8-4-3-7-5(9)1-2-6(7)10/h1-3,9-10H. The molecule has 4 nitrogen and oxygen atoms in total. The Hall–Kier alpha value is -1.67. The van der Waals surface area contributed by atoms with Gasteiger partial charge in [0, 0.05) is 12.1 Å². The molecule has 0 fully saturated rings. The zero-order chi connectivity index (χ0) is 7.56. The Balaban J connectivity index is 3.22. The first-order chi connectivity index (χ1) is 4.75. The molecule has 2 N–H and O–H groups in total. The molecule has 1 aromatic heterocycles. The highest BCUT2D eigenvalue weighted by Crippen LogP contribution is 2.19. The lowest BCUT2D eigenvalue weighted by Crippen LogP contribution is -1.82. The number of carbonyl (C=O) groups excluding carboxylic acids is 1. The fraction of sp³-hybridized carbons (Fsp3) is 0. The minimum atomic E-state index is -0.194. The van der Waals surface area contributed by atoms with Crippen molar-refractivity contribution in [2.45, 2.75) is 0 Å². The summed E-state index contributed by atoms with van der Waals surface area (Å²) in [5.41, 5.74) is 0. The summed E-state index contributed by atoms with van der Waals surface area (Å²) in [5, 5.41) is 17.7. The Morgan fingerprint density at radius 2 is 1.90 bits per heavy atom. The molecular formula is C6H5NO3. The van der Waals surface area contributed by atoms with Crippen molar-refractivity contribution in [3.05, 3.63) is 12.1 Å². The van der Waals surface area contributed by atoms with Gasteiger partial charge in [0.1, 0.15) is 5.94 Å². The van der Waals surface area contributed by atoms with Crippen LogP contribution >= 0.6 is 0 Å². The molecular weight excluding hydrogens is 134 g/mol. The van der Waals surface area contributed by atoms with E-state index < -0.39 is 0 Å². The average molecular weight is 139 g/mol. The van der Waals surface area contributed by atoms with Gasteiger partial charge >= 0.3 is 0 Å². The third-order valence-electron chi connectivity index (χ3n) is 1.06. The van der Waals surface area contributed by atoms with E-state index >= 15 is 0 Å². The number of nitrogens with zero attached hydrogens (tertiary/aromatic N) is 1. The van der Waals surface area contributed by atoms with Crippen molar-refractivity contribution >= 4 is 12.1 Å². The fourth-order valence-electron chi connectivity index (χ4n) is 0.612. The van der Waals surface area contributed by atoms with Crippen molar-refractivity contribution in [3.63, 3.8) is 0 Å². The molecule has 10 heavy (non-hydrogen) atoms. The first kappa shape index (κ1) is 6.45. The fourth-order valence-corrected chi connectivity index (χ4v) is 0.612. The summed E-state index contributed by atoms with van der Waals surface area (Å²) in [7, 11) is 0. The first-order valence-electron chi connectivity index (χ1n) is 2.56. The van der Waals surface area contributed by atoms with Gasteiger partial charge in [-0.25, -0.2) is 9.36 Å². The number of aromatic hydroxyl groups is 2. The van der Waals surface area contributed by atoms with Crippen molar-refractivity contribution in [1.29, 1.82) is 0 Å². The van der Waals surface area contributed by atoms with Crippen LogP contribution in [0.3, 0.4) is 0 Å². The zero-order valence-corrected chi connectivity index (χ0v) is 4.98. The highest BCUT2D eigenvalue weighted by atomic mass is 16.3. The molecule has 1 rings (SSSR count). The quantitative estimate of drug-likeness (QED) is 0.546. The van der Waals surface area contributed by atoms with Gasteiger partial charge in [0.2, 0.25) is 0 Å². The molecule has 0 aliphatic carbocycles. The Labute approximate surface area is 56.6 Å². The van der Waals surface area contributed by atoms with E-state index in [1.165, 1.54) is 18.1 Å². The smallest absolute Gasteiger partial charge is 0.198 e. The van der Waals surface area contributed by atoms with Crippen LogP contribution in [0.5, 0.6) is 11.8 Å². The Morgan fingerprint density at radius 1 is 1.40 bits per heavy atom. The molecule has 1 aromatic rings. The summed E-state index contributed by atoms with van der Waals surface area (Å²) in [6.45, 7) is 0. The second kappa shape index (κ2) is 2.29. The molecule has 0 unspecified atom stereocenters. The second-order valence-corrected chi connectivity index (χ2v) is 1.67. The lowest BCUT2D eigenvalue weighted by Gasteiger charge is -1.93. The van der Waals surface area contributed by atoms with Crippen molar-refractivity contribution in [2.75, 3.05) is 0 Å². The van der Waals surface area contributed by atoms with Crippen molar-refractivity contribution in [1.82, 2.24) is 4.57 Å². The molecule has 4 heteroatoms. The van der Waals surface area contributed by atoms with Crippen LogP contribution in [-0.4, -0.2) is 20.7 Å². The van der Waals surface area contributed by atoms with Gasteiger partial charge in [-0.15, -0.1) is 0 Å². The molecule has 0 aromatic carbocycles. The molecule has 1 heterocycles. The predicted molar refractivity (Wildman–Crippen MR) is 34.2 cm³/mol. The third kappa shape index (κ3) is 0.876. The Bertz CT molecular complexity index is 264. The molecule has 0 atom stereocenters. The van der Waals surface area contributed by atoms with Gasteiger partial charge < -0.3 is 10.2 Å². The summed E-state index contributed by atoms with van der Waals surface area (Å²) < 4.78 is 0.910. The van der Waals surface area contributed by atoms with E-state index in [-0.39, 0.29) is 11.8 Å². The summed E-state index contributed by atoms with van der Waals surface area (Å²) in [5.74, 6) is 1.03. The maximum atomic E-state index is 9.75. The van der Waals surface area contributed by atoms with Gasteiger partial charge in [-0.1, -0.05) is 0 Å². The normalized spacial score (nSPS) is 8.80. The van der Waals surface area contributed by atoms with Crippen LogP contribution in [0.1, 0.15) is 0 Å². The molecule has 0 bridgehead atoms. The lowest BCUT2D eigenvalue weighted by molar-refractivity contribution is 0.407. The van der Waals surface area contributed by atoms with E-state index in [1.807, 2.05) is 0 Å². The van der Waals surface area contributed by atoms with E-state index in [4.69, 9.17) is 10.2 Å². The van der Waals surface area contributed by atoms with Gasteiger partial charge in [-0.05, 0) is 0 Å². The highest BCUT2D eigenvalue weighted by molar-refractivity contribution is 5.66. The highest BCUT2D eigenvalue weighted by Gasteiger charge is 2.00. The second-order valence-electron chi connectivity index (χ2n) is 1.67. The molecule has 0 spiro atoms. The molecule has 0 amide bonds. The molecule has 0 saturated carbocycles. The largest absolute Gasteiger partial charge is 0.494 e. The van der Waals surface area contributed by atoms with E-state index in [2.05, 4.69) is 0 Å². The number of hydrogen-bond acceptors (Lipinski definition) is 3. The molecule has 52 valence electrons. The van der Waals surface area contributed by atoms with Crippen LogP contribution in [0.15, 0.2) is 12.1 Å². The molecule has 0 aliphatic heterocycles. The van der Waals surface area contributed by atoms with E-state index in [9.17, 15) is 4.79 Å². The Kier molecular flexibility index (Phi) is 1.48. The number of rotatable bonds is 1. The van der Waals surface area contributed by atoms with Gasteiger partial charge in [0.25, 0.3) is 0 Å². The maximum Gasteiger partial charge on any atom is 0.198 e. The Morgan fingerprint density at radius 3 is 2.30 bits per heavy atom. The SMILES string of the molecule is O=C=Cn1c(O)ccc1O. The third-order valence-corrected chi connectivity index (χ3v) is 1.06. The predicted octanol–water partition coefficient (Wildman–Crippen LogP) is 0.202. The van der Waals surface area contributed by atoms with Crippen LogP contribution in [0.2, 0.25) is 0 Å². The average Bonchev–Trinajstić information content (AvgIpc) is 2.20. The lowest BCUT2D eigenvalue weighted by atomic mass is 10.6. The summed E-state index contributed by atoms with van der Waals surface area (Å²) in [6.07, 6.45) is 0.894. The molecule has 0 aliphatic rings. The van der Waals surface area contributed by atoms with Crippen LogP contribution in [-0.2, 0) is 4.79 Å². The van der Waals surface area contributed by atoms with Crippen LogP contribution in [0.4, 0.5) is 0 Å². The molecule has 0 saturated heterocycles. The van der Waals surface area contributed by atoms with Crippen LogP contribution < -0.4 is 0 Å². The van der Waals surface area contributed by atoms with Gasteiger partial charge in [-0.2, -0.15) is 0 Å². The summed E-state index contributed by atoms with van der Waals surface area (Å²) >= 11 is 0. The topological polar surface area (TPSA) is 62.5 Å². The maximum absolute atomic E-state index is 9.75. The zero-order valence-electron chi connectivity index (χ0n) is 4.98. The van der Waals surface area contributed by atoms with E-state index in [0.717, 1.165) is 10.8 Å². The van der Waals surface area contributed by atoms with Crippen molar-refractivity contribution in [2.24, 2.45) is 0 Å². The monoisotopic (exact) mass is 139 g/mol. The number of hydrogen-bond donors (Lipinski definition) is 2. The van der Waals surface area contributed by atoms with Crippen molar-refractivity contribution < 1.29 is 15.0 Å². The minimum Gasteiger partial charge on any atom is -0.494 e. The van der Waals surface area contributed by atoms with Crippen LogP contribution in [0, 0.1) is 0 Å². The van der Waals surface area contributed by atoms with Crippen molar-refractivity contribution in [3.8, 4) is 11.8 Å².